The smallest absolute Gasteiger partial charge is 0.759 e. The van der Waals surface area contributed by atoms with Gasteiger partial charge in [0.15, 0.2) is 0 Å². The van der Waals surface area contributed by atoms with Crippen LogP contribution in [0.25, 0.3) is 0 Å². The molecular weight excluding hydrogens is 488 g/mol. The SMILES string of the molecule is CN(c1ccccc1)c1cc(NCc2ccccc2)ccc1S(N)(=O)=O.O=S(=O)([O-])[O-].[Na+].[Na+]. The number of nitrogens with one attached hydrogen (secondary N) is 1. The molecule has 0 fully saturated rings. The van der Waals surface area contributed by atoms with E-state index in [1.807, 2.05) is 72.6 Å². The average Bonchev–Trinajstić information content (AvgIpc) is 2.71. The van der Waals surface area contributed by atoms with Gasteiger partial charge in [-0.2, -0.15) is 0 Å². The number of anilines is 3. The topological polar surface area (TPSA) is 156 Å². The molecule has 3 aromatic carbocycles. The minimum absolute atomic E-state index is 0. The molecule has 0 aliphatic heterocycles. The molecule has 0 saturated carbocycles. The number of nitrogens with zero attached hydrogens (tertiary/aromatic N) is 1. The van der Waals surface area contributed by atoms with Gasteiger partial charge in [-0.15, -0.1) is 0 Å². The first kappa shape index (κ1) is 32.0. The van der Waals surface area contributed by atoms with Gasteiger partial charge in [0, 0.05) is 35.4 Å². The maximum absolute atomic E-state index is 12.0. The molecule has 0 saturated heterocycles. The fourth-order valence-electron chi connectivity index (χ4n) is 2.72. The summed E-state index contributed by atoms with van der Waals surface area (Å²) in [7, 11) is -7.19. The van der Waals surface area contributed by atoms with Gasteiger partial charge in [-0.3, -0.25) is 8.42 Å². The Morgan fingerprint density at radius 3 is 1.82 bits per heavy atom. The second-order valence-corrected chi connectivity index (χ2v) is 8.72. The van der Waals surface area contributed by atoms with Crippen LogP contribution >= 0.6 is 0 Å². The second-order valence-electron chi connectivity index (χ2n) is 6.37. The third kappa shape index (κ3) is 11.8. The van der Waals surface area contributed by atoms with Gasteiger partial charge in [-0.25, -0.2) is 13.6 Å². The van der Waals surface area contributed by atoms with Crippen molar-refractivity contribution in [1.82, 2.24) is 0 Å². The fourth-order valence-corrected chi connectivity index (χ4v) is 3.47. The molecule has 0 aliphatic carbocycles. The average molecular weight is 510 g/mol. The molecule has 33 heavy (non-hydrogen) atoms. The second kappa shape index (κ2) is 14.4. The van der Waals surface area contributed by atoms with Crippen molar-refractivity contribution in [2.24, 2.45) is 5.14 Å². The summed E-state index contributed by atoms with van der Waals surface area (Å²) in [5.41, 5.74) is 3.36. The van der Waals surface area contributed by atoms with Crippen LogP contribution in [0.3, 0.4) is 0 Å². The molecule has 3 N–H and O–H groups in total. The first-order valence-electron chi connectivity index (χ1n) is 8.85. The molecule has 0 spiro atoms. The van der Waals surface area contributed by atoms with Gasteiger partial charge < -0.3 is 19.3 Å². The van der Waals surface area contributed by atoms with E-state index in [0.29, 0.717) is 12.2 Å². The van der Waals surface area contributed by atoms with E-state index in [1.165, 1.54) is 6.07 Å². The summed E-state index contributed by atoms with van der Waals surface area (Å²) in [5.74, 6) is 0. The first-order chi connectivity index (χ1) is 14.4. The number of nitrogens with two attached hydrogens (primary N) is 1. The standard InChI is InChI=1S/C20H21N3O2S.2Na.H2O4S/c1-23(18-10-6-3-7-11-18)19-14-17(12-13-20(19)26(21,24)25)22-15-16-8-4-2-5-9-16;;;1-5(2,3)4/h2-14,22H,15H2,1H3,(H2,21,24,25);;;(H2,1,2,3,4)/q;2*+1;/p-2. The summed E-state index contributed by atoms with van der Waals surface area (Å²) in [6, 6.07) is 24.6. The van der Waals surface area contributed by atoms with E-state index < -0.39 is 20.4 Å². The Hall–Kier alpha value is -0.960. The Balaban J connectivity index is 0.00000133. The summed E-state index contributed by atoms with van der Waals surface area (Å²) in [6.45, 7) is 0.643. The van der Waals surface area contributed by atoms with Gasteiger partial charge in [-0.05, 0) is 35.9 Å². The van der Waals surface area contributed by atoms with E-state index in [1.54, 1.807) is 12.1 Å². The number of para-hydroxylation sites is 1. The van der Waals surface area contributed by atoms with E-state index in [2.05, 4.69) is 5.32 Å². The number of rotatable bonds is 6. The molecule has 9 nitrogen and oxygen atoms in total. The number of sulfonamides is 1. The van der Waals surface area contributed by atoms with Gasteiger partial charge in [0.2, 0.25) is 10.0 Å². The van der Waals surface area contributed by atoms with Gasteiger partial charge in [0.05, 0.1) is 5.69 Å². The summed E-state index contributed by atoms with van der Waals surface area (Å²) in [4.78, 5) is 1.90. The van der Waals surface area contributed by atoms with Crippen LogP contribution in [0.5, 0.6) is 0 Å². The molecule has 0 amide bonds. The third-order valence-electron chi connectivity index (χ3n) is 4.11. The van der Waals surface area contributed by atoms with Crippen molar-refractivity contribution >= 4 is 37.5 Å². The van der Waals surface area contributed by atoms with Crippen LogP contribution in [-0.4, -0.2) is 33.0 Å². The molecule has 0 aromatic heterocycles. The Morgan fingerprint density at radius 2 is 1.33 bits per heavy atom. The summed E-state index contributed by atoms with van der Waals surface area (Å²) >= 11 is 0. The first-order valence-corrected chi connectivity index (χ1v) is 11.7. The molecule has 0 atom stereocenters. The largest absolute Gasteiger partial charge is 1.00 e. The number of hydrogen-bond donors (Lipinski definition) is 2. The molecule has 3 rings (SSSR count). The van der Waals surface area contributed by atoms with Crippen molar-refractivity contribution in [3.05, 3.63) is 84.4 Å². The predicted octanol–water partition coefficient (Wildman–Crippen LogP) is -3.62. The number of hydrogen-bond acceptors (Lipinski definition) is 8. The normalized spacial score (nSPS) is 10.5. The van der Waals surface area contributed by atoms with Crippen LogP contribution in [0.15, 0.2) is 83.8 Å². The quantitative estimate of drug-likeness (QED) is 0.196. The van der Waals surface area contributed by atoms with E-state index >= 15 is 0 Å². The van der Waals surface area contributed by atoms with Crippen LogP contribution in [0, 0.1) is 0 Å². The molecule has 0 heterocycles. The zero-order valence-electron chi connectivity index (χ0n) is 18.5. The van der Waals surface area contributed by atoms with E-state index in [9.17, 15) is 8.42 Å². The van der Waals surface area contributed by atoms with Crippen molar-refractivity contribution in [2.45, 2.75) is 11.4 Å². The Kier molecular flexibility index (Phi) is 14.0. The third-order valence-corrected chi connectivity index (χ3v) is 5.07. The number of primary sulfonamides is 1. The number of benzene rings is 3. The molecule has 166 valence electrons. The zero-order valence-corrected chi connectivity index (χ0v) is 24.1. The molecule has 0 bridgehead atoms. The van der Waals surface area contributed by atoms with Crippen LogP contribution in [0.2, 0.25) is 0 Å². The minimum Gasteiger partial charge on any atom is -0.759 e. The predicted molar refractivity (Wildman–Crippen MR) is 117 cm³/mol. The van der Waals surface area contributed by atoms with Crippen LogP contribution < -0.4 is 74.5 Å². The molecule has 0 unspecified atom stereocenters. The fraction of sp³-hybridized carbons (Fsp3) is 0.100. The maximum Gasteiger partial charge on any atom is 1.00 e. The van der Waals surface area contributed by atoms with Crippen molar-refractivity contribution in [1.29, 1.82) is 0 Å². The van der Waals surface area contributed by atoms with Crippen molar-refractivity contribution in [3.8, 4) is 0 Å². The summed E-state index contributed by atoms with van der Waals surface area (Å²) in [6.07, 6.45) is 0. The Morgan fingerprint density at radius 1 is 0.848 bits per heavy atom. The molecule has 0 aliphatic rings. The molecule has 3 aromatic rings. The summed E-state index contributed by atoms with van der Waals surface area (Å²) in [5, 5.41) is 8.74. The van der Waals surface area contributed by atoms with Crippen LogP contribution in [0.1, 0.15) is 5.56 Å². The van der Waals surface area contributed by atoms with Gasteiger partial charge in [0.25, 0.3) is 0 Å². The Bertz CT molecular complexity index is 1210. The zero-order chi connectivity index (χ0) is 23.1. The van der Waals surface area contributed by atoms with Crippen molar-refractivity contribution in [3.63, 3.8) is 0 Å². The van der Waals surface area contributed by atoms with Crippen LogP contribution in [0.4, 0.5) is 17.1 Å². The van der Waals surface area contributed by atoms with E-state index in [-0.39, 0.29) is 64.0 Å². The van der Waals surface area contributed by atoms with Gasteiger partial charge in [-0.1, -0.05) is 48.5 Å². The molecular formula is C20H21N3Na2O6S2. The van der Waals surface area contributed by atoms with E-state index in [4.69, 9.17) is 22.7 Å². The summed E-state index contributed by atoms with van der Waals surface area (Å²) < 4.78 is 58.1. The van der Waals surface area contributed by atoms with Gasteiger partial charge >= 0.3 is 59.1 Å². The van der Waals surface area contributed by atoms with Crippen molar-refractivity contribution < 1.29 is 85.1 Å². The Labute approximate surface area is 238 Å². The maximum atomic E-state index is 12.0. The van der Waals surface area contributed by atoms with Gasteiger partial charge in [0.1, 0.15) is 4.90 Å². The van der Waals surface area contributed by atoms with E-state index in [0.717, 1.165) is 16.9 Å². The monoisotopic (exact) mass is 509 g/mol. The minimum atomic E-state index is -5.17. The molecule has 0 radical (unpaired) electrons. The molecule has 13 heteroatoms. The van der Waals surface area contributed by atoms with Crippen LogP contribution in [-0.2, 0) is 27.0 Å². The van der Waals surface area contributed by atoms with Crippen molar-refractivity contribution in [2.75, 3.05) is 17.3 Å².